The molecule has 172 valence electrons. The van der Waals surface area contributed by atoms with Crippen molar-refractivity contribution >= 4 is 44.8 Å². The third-order valence-electron chi connectivity index (χ3n) is 4.22. The largest absolute Gasteiger partial charge is 0.382 e. The highest BCUT2D eigenvalue weighted by molar-refractivity contribution is 7.93. The van der Waals surface area contributed by atoms with Crippen molar-refractivity contribution in [3.05, 3.63) is 58.3 Å². The summed E-state index contributed by atoms with van der Waals surface area (Å²) in [4.78, 5) is 12.5. The van der Waals surface area contributed by atoms with Gasteiger partial charge in [-0.1, -0.05) is 30.6 Å². The monoisotopic (exact) mass is 492 g/mol. The maximum Gasteiger partial charge on any atom is 0.265 e. The van der Waals surface area contributed by atoms with Crippen molar-refractivity contribution < 1.29 is 22.3 Å². The van der Waals surface area contributed by atoms with Crippen LogP contribution in [-0.2, 0) is 19.6 Å². The topological polar surface area (TPSA) is 75.7 Å². The molecule has 1 N–H and O–H groups in total. The van der Waals surface area contributed by atoms with Crippen LogP contribution in [0.5, 0.6) is 0 Å². The summed E-state index contributed by atoms with van der Waals surface area (Å²) in [6.45, 7) is 4.55. The third kappa shape index (κ3) is 7.07. The molecule has 0 saturated carbocycles. The normalized spacial score (nSPS) is 12.0. The number of carbonyl (C=O) groups is 1. The molecular weight excluding hydrogens is 466 g/mol. The molecule has 0 aliphatic rings. The van der Waals surface area contributed by atoms with Crippen LogP contribution >= 0.6 is 23.2 Å². The van der Waals surface area contributed by atoms with Crippen LogP contribution in [-0.4, -0.2) is 40.1 Å². The fraction of sp³-hybridized carbons (Fsp3) is 0.381. The fourth-order valence-corrected chi connectivity index (χ4v) is 4.62. The zero-order valence-electron chi connectivity index (χ0n) is 16.6. The fourth-order valence-electron chi connectivity index (χ4n) is 2.71. The Bertz CT molecular complexity index is 972. The Kier molecular flexibility index (Phi) is 10.7. The summed E-state index contributed by atoms with van der Waals surface area (Å²) in [5, 5.41) is 3.13. The first-order chi connectivity index (χ1) is 14.2. The van der Waals surface area contributed by atoms with E-state index in [0.29, 0.717) is 24.7 Å². The highest BCUT2D eigenvalue weighted by Crippen LogP contribution is 2.31. The predicted molar refractivity (Wildman–Crippen MR) is 123 cm³/mol. The Morgan fingerprint density at radius 2 is 1.77 bits per heavy atom. The highest BCUT2D eigenvalue weighted by atomic mass is 35.5. The van der Waals surface area contributed by atoms with E-state index in [-0.39, 0.29) is 29.6 Å². The lowest BCUT2D eigenvalue weighted by molar-refractivity contribution is -0.121. The minimum Gasteiger partial charge on any atom is -0.382 e. The number of hydrogen-bond acceptors (Lipinski definition) is 4. The predicted octanol–water partition coefficient (Wildman–Crippen LogP) is 4.90. The molecule has 31 heavy (non-hydrogen) atoms. The van der Waals surface area contributed by atoms with Crippen molar-refractivity contribution in [1.82, 2.24) is 5.32 Å². The quantitative estimate of drug-likeness (QED) is 0.478. The van der Waals surface area contributed by atoms with E-state index in [1.807, 2.05) is 6.92 Å². The molecule has 0 heterocycles. The van der Waals surface area contributed by atoms with Crippen LogP contribution in [0.15, 0.2) is 47.4 Å². The summed E-state index contributed by atoms with van der Waals surface area (Å²) < 4.78 is 47.2. The lowest BCUT2D eigenvalue weighted by Crippen LogP contribution is -2.48. The number of halogens is 3. The van der Waals surface area contributed by atoms with Gasteiger partial charge < -0.3 is 10.1 Å². The zero-order chi connectivity index (χ0) is 22.3. The van der Waals surface area contributed by atoms with Gasteiger partial charge in [0.05, 0.1) is 10.6 Å². The molecule has 6 nitrogen and oxygen atoms in total. The van der Waals surface area contributed by atoms with Gasteiger partial charge in [-0.3, -0.25) is 9.10 Å². The standard InChI is InChI=1S/C20H23Cl2FN2O4S.CH4/c1-3-29-12-4-11-24-20(26)14(2)25(19-13-16(22)7-10-18(19)23)30(27,28)17-8-5-15(21)6-9-17;/h5-10,13-14H,3-4,11-12H2,1-2H3,(H,24,26);1H4/t14-;/m1./s1. The second kappa shape index (κ2) is 12.2. The van der Waals surface area contributed by atoms with Crippen LogP contribution < -0.4 is 9.62 Å². The first-order valence-corrected chi connectivity index (χ1v) is 11.5. The van der Waals surface area contributed by atoms with E-state index in [4.69, 9.17) is 27.9 Å². The summed E-state index contributed by atoms with van der Waals surface area (Å²) in [6, 6.07) is 7.66. The number of nitrogens with one attached hydrogen (secondary N) is 1. The van der Waals surface area contributed by atoms with Crippen molar-refractivity contribution in [2.75, 3.05) is 24.1 Å². The second-order valence-electron chi connectivity index (χ2n) is 6.37. The van der Waals surface area contributed by atoms with E-state index in [0.717, 1.165) is 10.4 Å². The molecule has 2 aromatic rings. The zero-order valence-corrected chi connectivity index (χ0v) is 18.9. The molecule has 1 atom stereocenters. The van der Waals surface area contributed by atoms with Gasteiger partial charge in [0.1, 0.15) is 11.9 Å². The van der Waals surface area contributed by atoms with E-state index >= 15 is 0 Å². The molecule has 10 heteroatoms. The molecule has 0 aliphatic heterocycles. The minimum absolute atomic E-state index is 0. The second-order valence-corrected chi connectivity index (χ2v) is 9.06. The number of anilines is 1. The van der Waals surface area contributed by atoms with Crippen molar-refractivity contribution in [2.24, 2.45) is 0 Å². The lowest BCUT2D eigenvalue weighted by atomic mass is 10.2. The maximum atomic E-state index is 14.6. The number of carbonyl (C=O) groups excluding carboxylic acids is 1. The molecule has 2 rings (SSSR count). The molecular formula is C21H27Cl2FN2O4S. The average Bonchev–Trinajstić information content (AvgIpc) is 2.70. The third-order valence-corrected chi connectivity index (χ3v) is 6.60. The summed E-state index contributed by atoms with van der Waals surface area (Å²) in [5.74, 6) is -1.41. The van der Waals surface area contributed by atoms with Crippen molar-refractivity contribution in [3.8, 4) is 0 Å². The molecule has 0 saturated heterocycles. The van der Waals surface area contributed by atoms with Gasteiger partial charge in [-0.25, -0.2) is 12.8 Å². The smallest absolute Gasteiger partial charge is 0.265 e. The lowest BCUT2D eigenvalue weighted by Gasteiger charge is -2.30. The summed E-state index contributed by atoms with van der Waals surface area (Å²) >= 11 is 11.8. The SMILES string of the molecule is C.CCOCCCNC(=O)[C@@H](C)N(c1cc(Cl)ccc1F)S(=O)(=O)c1ccc(Cl)cc1. The van der Waals surface area contributed by atoms with E-state index in [2.05, 4.69) is 5.32 Å². The Morgan fingerprint density at radius 3 is 2.39 bits per heavy atom. The number of rotatable bonds is 10. The van der Waals surface area contributed by atoms with Crippen LogP contribution in [0.1, 0.15) is 27.7 Å². The number of ether oxygens (including phenoxy) is 1. The molecule has 0 unspecified atom stereocenters. The van der Waals surface area contributed by atoms with Crippen LogP contribution in [0.3, 0.4) is 0 Å². The van der Waals surface area contributed by atoms with Crippen molar-refractivity contribution in [2.45, 2.75) is 38.6 Å². The number of benzene rings is 2. The summed E-state index contributed by atoms with van der Waals surface area (Å²) in [6.07, 6.45) is 0.557. The number of nitrogens with zero attached hydrogens (tertiary/aromatic N) is 1. The Labute approximate surface area is 193 Å². The minimum atomic E-state index is -4.30. The van der Waals surface area contributed by atoms with E-state index < -0.39 is 27.8 Å². The molecule has 0 aromatic heterocycles. The van der Waals surface area contributed by atoms with Crippen molar-refractivity contribution in [3.63, 3.8) is 0 Å². The van der Waals surface area contributed by atoms with E-state index in [9.17, 15) is 17.6 Å². The molecule has 0 aliphatic carbocycles. The molecule has 0 bridgehead atoms. The molecule has 0 spiro atoms. The number of sulfonamides is 1. The number of amides is 1. The molecule has 1 amide bonds. The van der Waals surface area contributed by atoms with Gasteiger partial charge in [-0.15, -0.1) is 0 Å². The summed E-state index contributed by atoms with van der Waals surface area (Å²) in [7, 11) is -4.30. The molecule has 0 fully saturated rings. The van der Waals surface area contributed by atoms with Gasteiger partial charge in [0.2, 0.25) is 5.91 Å². The molecule has 0 radical (unpaired) electrons. The maximum absolute atomic E-state index is 14.6. The number of hydrogen-bond donors (Lipinski definition) is 1. The van der Waals surface area contributed by atoms with Gasteiger partial charge in [0, 0.05) is 29.8 Å². The van der Waals surface area contributed by atoms with E-state index in [1.54, 1.807) is 0 Å². The van der Waals surface area contributed by atoms with Crippen LogP contribution in [0.25, 0.3) is 0 Å². The van der Waals surface area contributed by atoms with Crippen LogP contribution in [0.4, 0.5) is 10.1 Å². The van der Waals surface area contributed by atoms with Crippen LogP contribution in [0, 0.1) is 5.82 Å². The van der Waals surface area contributed by atoms with E-state index in [1.165, 1.54) is 43.3 Å². The van der Waals surface area contributed by atoms with Gasteiger partial charge in [-0.2, -0.15) is 0 Å². The highest BCUT2D eigenvalue weighted by Gasteiger charge is 2.35. The molecule has 2 aromatic carbocycles. The van der Waals surface area contributed by atoms with Gasteiger partial charge >= 0.3 is 0 Å². The van der Waals surface area contributed by atoms with Gasteiger partial charge in [0.15, 0.2) is 0 Å². The first-order valence-electron chi connectivity index (χ1n) is 9.29. The van der Waals surface area contributed by atoms with Gasteiger partial charge in [0.25, 0.3) is 10.0 Å². The average molecular weight is 493 g/mol. The Hall–Kier alpha value is -1.87. The Balaban J connectivity index is 0.00000480. The Morgan fingerprint density at radius 1 is 1.16 bits per heavy atom. The van der Waals surface area contributed by atoms with Crippen molar-refractivity contribution in [1.29, 1.82) is 0 Å². The van der Waals surface area contributed by atoms with Crippen LogP contribution in [0.2, 0.25) is 10.0 Å². The van der Waals surface area contributed by atoms with Gasteiger partial charge in [-0.05, 0) is 62.7 Å². The summed E-state index contributed by atoms with van der Waals surface area (Å²) in [5.41, 5.74) is -0.325. The first kappa shape index (κ1) is 27.2.